The minimum Gasteiger partial charge on any atom is -0.391 e. The molecule has 0 aliphatic heterocycles. The molecule has 0 atom stereocenters. The van der Waals surface area contributed by atoms with E-state index in [0.29, 0.717) is 11.4 Å². The Labute approximate surface area is 112 Å². The fraction of sp³-hybridized carbons (Fsp3) is 0.667. The Bertz CT molecular complexity index is 503. The van der Waals surface area contributed by atoms with Gasteiger partial charge in [0.1, 0.15) is 0 Å². The second kappa shape index (κ2) is 5.28. The third-order valence-corrected chi connectivity index (χ3v) is 5.92. The Balaban J connectivity index is 1.99. The lowest BCUT2D eigenvalue weighted by Crippen LogP contribution is -2.30. The van der Waals surface area contributed by atoms with Gasteiger partial charge in [0.15, 0.2) is 0 Å². The fourth-order valence-corrected chi connectivity index (χ4v) is 4.43. The first-order valence-corrected chi connectivity index (χ1v) is 8.55. The highest BCUT2D eigenvalue weighted by Gasteiger charge is 2.42. The molecule has 4 nitrogen and oxygen atoms in total. The van der Waals surface area contributed by atoms with Gasteiger partial charge in [0.2, 0.25) is 10.0 Å². The number of thiophene rings is 1. The van der Waals surface area contributed by atoms with Gasteiger partial charge in [0.05, 0.1) is 11.5 Å². The standard InChI is InChI=1S/C12H19NO3S2/c1-2-3-12(4-5-12)9-13-18(15,16)11-6-10(7-14)17-8-11/h6,8,13-14H,2-5,7,9H2,1H3. The average molecular weight is 289 g/mol. The van der Waals surface area contributed by atoms with E-state index in [4.69, 9.17) is 5.11 Å². The normalized spacial score (nSPS) is 17.9. The molecule has 1 aromatic rings. The Hall–Kier alpha value is -0.430. The van der Waals surface area contributed by atoms with Crippen LogP contribution in [-0.4, -0.2) is 20.1 Å². The van der Waals surface area contributed by atoms with Gasteiger partial charge in [-0.2, -0.15) is 0 Å². The quantitative estimate of drug-likeness (QED) is 0.808. The van der Waals surface area contributed by atoms with Gasteiger partial charge in [-0.05, 0) is 30.7 Å². The highest BCUT2D eigenvalue weighted by atomic mass is 32.2. The molecule has 0 amide bonds. The summed E-state index contributed by atoms with van der Waals surface area (Å²) in [6.45, 7) is 2.55. The predicted octanol–water partition coefficient (Wildman–Crippen LogP) is 2.10. The minimum absolute atomic E-state index is 0.111. The van der Waals surface area contributed by atoms with E-state index in [-0.39, 0.29) is 16.9 Å². The number of hydrogen-bond donors (Lipinski definition) is 2. The molecule has 1 saturated carbocycles. The summed E-state index contributed by atoms with van der Waals surface area (Å²) in [6.07, 6.45) is 4.42. The molecule has 0 saturated heterocycles. The first-order valence-electron chi connectivity index (χ1n) is 6.19. The summed E-state index contributed by atoms with van der Waals surface area (Å²) in [5, 5.41) is 10.5. The Morgan fingerprint density at radius 3 is 2.72 bits per heavy atom. The van der Waals surface area contributed by atoms with Crippen LogP contribution in [0.3, 0.4) is 0 Å². The molecule has 1 aromatic heterocycles. The second-order valence-corrected chi connectivity index (χ2v) is 7.74. The number of nitrogens with one attached hydrogen (secondary N) is 1. The van der Waals surface area contributed by atoms with Crippen molar-refractivity contribution in [2.24, 2.45) is 5.41 Å². The highest BCUT2D eigenvalue weighted by molar-refractivity contribution is 7.89. The van der Waals surface area contributed by atoms with Crippen LogP contribution in [-0.2, 0) is 16.6 Å². The molecule has 0 unspecified atom stereocenters. The van der Waals surface area contributed by atoms with Crippen molar-refractivity contribution >= 4 is 21.4 Å². The van der Waals surface area contributed by atoms with Crippen LogP contribution < -0.4 is 4.72 Å². The monoisotopic (exact) mass is 289 g/mol. The van der Waals surface area contributed by atoms with Crippen molar-refractivity contribution in [3.8, 4) is 0 Å². The maximum Gasteiger partial charge on any atom is 0.241 e. The molecule has 18 heavy (non-hydrogen) atoms. The molecular formula is C12H19NO3S2. The van der Waals surface area contributed by atoms with Crippen LogP contribution in [0.4, 0.5) is 0 Å². The number of rotatable bonds is 7. The lowest BCUT2D eigenvalue weighted by atomic mass is 10.0. The Kier molecular flexibility index (Phi) is 4.11. The maximum atomic E-state index is 12.1. The van der Waals surface area contributed by atoms with Gasteiger partial charge in [-0.15, -0.1) is 11.3 Å². The van der Waals surface area contributed by atoms with Gasteiger partial charge in [-0.3, -0.25) is 0 Å². The molecule has 1 aliphatic carbocycles. The van der Waals surface area contributed by atoms with Crippen molar-refractivity contribution in [2.75, 3.05) is 6.54 Å². The molecular weight excluding hydrogens is 270 g/mol. The number of hydrogen-bond acceptors (Lipinski definition) is 4. The Morgan fingerprint density at radius 2 is 2.22 bits per heavy atom. The summed E-state index contributed by atoms with van der Waals surface area (Å²) >= 11 is 1.27. The second-order valence-electron chi connectivity index (χ2n) is 4.98. The maximum absolute atomic E-state index is 12.1. The molecule has 2 N–H and O–H groups in total. The van der Waals surface area contributed by atoms with E-state index in [2.05, 4.69) is 11.6 Å². The topological polar surface area (TPSA) is 66.4 Å². The van der Waals surface area contributed by atoms with Crippen molar-refractivity contribution < 1.29 is 13.5 Å². The van der Waals surface area contributed by atoms with Crippen molar-refractivity contribution in [3.63, 3.8) is 0 Å². The van der Waals surface area contributed by atoms with Crippen LogP contribution in [0.15, 0.2) is 16.3 Å². The van der Waals surface area contributed by atoms with Gasteiger partial charge in [-0.25, -0.2) is 13.1 Å². The van der Waals surface area contributed by atoms with Crippen molar-refractivity contribution in [1.29, 1.82) is 0 Å². The lowest BCUT2D eigenvalue weighted by molar-refractivity contribution is 0.285. The summed E-state index contributed by atoms with van der Waals surface area (Å²) in [5.41, 5.74) is 0.206. The van der Waals surface area contributed by atoms with Crippen molar-refractivity contribution in [3.05, 3.63) is 16.3 Å². The average Bonchev–Trinajstić information content (AvgIpc) is 2.93. The third kappa shape index (κ3) is 3.12. The zero-order valence-corrected chi connectivity index (χ0v) is 12.1. The summed E-state index contributed by atoms with van der Waals surface area (Å²) in [7, 11) is -3.41. The van der Waals surface area contributed by atoms with E-state index in [1.54, 1.807) is 5.38 Å². The molecule has 0 radical (unpaired) electrons. The highest BCUT2D eigenvalue weighted by Crippen LogP contribution is 2.49. The largest absolute Gasteiger partial charge is 0.391 e. The molecule has 6 heteroatoms. The van der Waals surface area contributed by atoms with Gasteiger partial charge in [0, 0.05) is 16.8 Å². The van der Waals surface area contributed by atoms with Crippen molar-refractivity contribution in [1.82, 2.24) is 4.72 Å². The summed E-state index contributed by atoms with van der Waals surface area (Å²) in [6, 6.07) is 1.53. The molecule has 0 spiro atoms. The molecule has 102 valence electrons. The summed E-state index contributed by atoms with van der Waals surface area (Å²) in [5.74, 6) is 0. The zero-order valence-electron chi connectivity index (χ0n) is 10.5. The molecule has 1 aliphatic rings. The smallest absolute Gasteiger partial charge is 0.241 e. The van der Waals surface area contributed by atoms with Gasteiger partial charge < -0.3 is 5.11 Å². The summed E-state index contributed by atoms with van der Waals surface area (Å²) < 4.78 is 26.8. The van der Waals surface area contributed by atoms with Crippen LogP contribution in [0.2, 0.25) is 0 Å². The zero-order chi connectivity index (χ0) is 13.2. The van der Waals surface area contributed by atoms with Crippen molar-refractivity contribution in [2.45, 2.75) is 44.1 Å². The van der Waals surface area contributed by atoms with E-state index in [9.17, 15) is 8.42 Å². The number of sulfonamides is 1. The molecule has 0 aromatic carbocycles. The van der Waals surface area contributed by atoms with Crippen LogP contribution in [0, 0.1) is 5.41 Å². The number of aliphatic hydroxyl groups is 1. The summed E-state index contributed by atoms with van der Waals surface area (Å²) in [4.78, 5) is 0.939. The number of aliphatic hydroxyl groups excluding tert-OH is 1. The SMILES string of the molecule is CCCC1(CNS(=O)(=O)c2csc(CO)c2)CC1. The van der Waals surface area contributed by atoms with Gasteiger partial charge in [0.25, 0.3) is 0 Å². The van der Waals surface area contributed by atoms with Gasteiger partial charge in [-0.1, -0.05) is 13.3 Å². The third-order valence-electron chi connectivity index (χ3n) is 3.47. The van der Waals surface area contributed by atoms with E-state index >= 15 is 0 Å². The first-order chi connectivity index (χ1) is 8.51. The van der Waals surface area contributed by atoms with Crippen LogP contribution >= 0.6 is 11.3 Å². The van der Waals surface area contributed by atoms with Crippen LogP contribution in [0.1, 0.15) is 37.5 Å². The lowest BCUT2D eigenvalue weighted by Gasteiger charge is -2.14. The van der Waals surface area contributed by atoms with Crippen LogP contribution in [0.25, 0.3) is 0 Å². The Morgan fingerprint density at radius 1 is 1.50 bits per heavy atom. The molecule has 0 bridgehead atoms. The van der Waals surface area contributed by atoms with E-state index in [1.807, 2.05) is 0 Å². The fourth-order valence-electron chi connectivity index (χ4n) is 2.14. The molecule has 1 heterocycles. The first kappa shape index (κ1) is 14.0. The molecule has 1 fully saturated rings. The van der Waals surface area contributed by atoms with E-state index in [0.717, 1.165) is 25.7 Å². The van der Waals surface area contributed by atoms with E-state index in [1.165, 1.54) is 17.4 Å². The minimum atomic E-state index is -3.41. The molecule has 2 rings (SSSR count). The van der Waals surface area contributed by atoms with Crippen LogP contribution in [0.5, 0.6) is 0 Å². The van der Waals surface area contributed by atoms with E-state index < -0.39 is 10.0 Å². The predicted molar refractivity (Wildman–Crippen MR) is 72.0 cm³/mol. The van der Waals surface area contributed by atoms with Gasteiger partial charge >= 0.3 is 0 Å².